The molecule has 0 unspecified atom stereocenters. The van der Waals surface area contributed by atoms with E-state index < -0.39 is 23.4 Å². The first-order valence-electron chi connectivity index (χ1n) is 10.3. The third-order valence-corrected chi connectivity index (χ3v) is 5.19. The van der Waals surface area contributed by atoms with Gasteiger partial charge in [-0.05, 0) is 57.3 Å². The predicted octanol–water partition coefficient (Wildman–Crippen LogP) is 4.07. The highest BCUT2D eigenvalue weighted by molar-refractivity contribution is 6.43. The second kappa shape index (κ2) is 9.58. The molecule has 0 bridgehead atoms. The summed E-state index contributed by atoms with van der Waals surface area (Å²) in [6.45, 7) is 3.95. The minimum absolute atomic E-state index is 0.0755. The van der Waals surface area contributed by atoms with Crippen molar-refractivity contribution in [2.75, 3.05) is 14.1 Å². The Kier molecular flexibility index (Phi) is 7.02. The Morgan fingerprint density at radius 2 is 1.70 bits per heavy atom. The number of carbonyl (C=O) groups excluding carboxylic acids is 2. The zero-order valence-corrected chi connectivity index (χ0v) is 18.8. The van der Waals surface area contributed by atoms with Crippen molar-refractivity contribution in [1.29, 1.82) is 0 Å². The van der Waals surface area contributed by atoms with E-state index in [0.29, 0.717) is 12.2 Å². The zero-order chi connectivity index (χ0) is 24.3. The standard InChI is InChI=1S/C24H25F3N4O2/c1-15-21(16(2)31(29-15)20-11-7-10-19(12-20)24(25,26)27)22(32)23(33)28-13-17-8-5-6-9-18(17)14-30(3)4/h5-12H,13-14H2,1-4H3,(H,28,33). The van der Waals surface area contributed by atoms with Crippen molar-refractivity contribution < 1.29 is 22.8 Å². The van der Waals surface area contributed by atoms with E-state index in [0.717, 1.165) is 23.3 Å². The van der Waals surface area contributed by atoms with E-state index in [1.165, 1.54) is 16.8 Å². The van der Waals surface area contributed by atoms with E-state index in [4.69, 9.17) is 0 Å². The Bertz CT molecular complexity index is 1180. The molecule has 1 amide bonds. The number of amides is 1. The van der Waals surface area contributed by atoms with Gasteiger partial charge in [0.2, 0.25) is 0 Å². The van der Waals surface area contributed by atoms with Gasteiger partial charge in [-0.1, -0.05) is 30.3 Å². The molecule has 0 aliphatic heterocycles. The summed E-state index contributed by atoms with van der Waals surface area (Å²) < 4.78 is 40.5. The molecule has 3 rings (SSSR count). The van der Waals surface area contributed by atoms with Crippen LogP contribution in [0.15, 0.2) is 48.5 Å². The monoisotopic (exact) mass is 458 g/mol. The van der Waals surface area contributed by atoms with Gasteiger partial charge in [-0.15, -0.1) is 0 Å². The van der Waals surface area contributed by atoms with Crippen LogP contribution in [-0.2, 0) is 24.1 Å². The highest BCUT2D eigenvalue weighted by Crippen LogP contribution is 2.31. The van der Waals surface area contributed by atoms with Crippen LogP contribution in [0.2, 0.25) is 0 Å². The number of Topliss-reactive ketones (excluding diaryl/α,β-unsaturated/α-hetero) is 1. The number of aryl methyl sites for hydroxylation is 1. The molecule has 174 valence electrons. The first-order chi connectivity index (χ1) is 15.5. The molecule has 0 saturated heterocycles. The van der Waals surface area contributed by atoms with Gasteiger partial charge in [0.05, 0.1) is 28.2 Å². The zero-order valence-electron chi connectivity index (χ0n) is 18.8. The maximum Gasteiger partial charge on any atom is 0.416 e. The molecule has 3 aromatic rings. The highest BCUT2D eigenvalue weighted by atomic mass is 19.4. The number of nitrogens with one attached hydrogen (secondary N) is 1. The molecule has 0 atom stereocenters. The summed E-state index contributed by atoms with van der Waals surface area (Å²) in [7, 11) is 3.87. The SMILES string of the molecule is Cc1nn(-c2cccc(C(F)(F)F)c2)c(C)c1C(=O)C(=O)NCc1ccccc1CN(C)C. The quantitative estimate of drug-likeness (QED) is 0.428. The van der Waals surface area contributed by atoms with Crippen LogP contribution in [0.25, 0.3) is 5.69 Å². The summed E-state index contributed by atoms with van der Waals surface area (Å²) in [6, 6.07) is 12.2. The molecule has 0 fully saturated rings. The molecule has 0 radical (unpaired) electrons. The highest BCUT2D eigenvalue weighted by Gasteiger charge is 2.31. The summed E-state index contributed by atoms with van der Waals surface area (Å²) in [6.07, 6.45) is -4.51. The lowest BCUT2D eigenvalue weighted by atomic mass is 10.1. The molecular formula is C24H25F3N4O2. The fraction of sp³-hybridized carbons (Fsp3) is 0.292. The lowest BCUT2D eigenvalue weighted by Crippen LogP contribution is -2.31. The van der Waals surface area contributed by atoms with E-state index in [2.05, 4.69) is 10.4 Å². The van der Waals surface area contributed by atoms with Crippen molar-refractivity contribution in [3.8, 4) is 5.69 Å². The van der Waals surface area contributed by atoms with Crippen LogP contribution >= 0.6 is 0 Å². The first-order valence-corrected chi connectivity index (χ1v) is 10.3. The lowest BCUT2D eigenvalue weighted by Gasteiger charge is -2.14. The number of carbonyl (C=O) groups is 2. The second-order valence-corrected chi connectivity index (χ2v) is 8.02. The van der Waals surface area contributed by atoms with Crippen LogP contribution in [0, 0.1) is 13.8 Å². The van der Waals surface area contributed by atoms with Gasteiger partial charge in [-0.25, -0.2) is 4.68 Å². The Labute approximate surface area is 190 Å². The molecule has 0 aliphatic carbocycles. The van der Waals surface area contributed by atoms with Gasteiger partial charge in [-0.3, -0.25) is 9.59 Å². The smallest absolute Gasteiger partial charge is 0.345 e. The van der Waals surface area contributed by atoms with Gasteiger partial charge in [0.15, 0.2) is 0 Å². The van der Waals surface area contributed by atoms with Crippen LogP contribution in [-0.4, -0.2) is 40.5 Å². The van der Waals surface area contributed by atoms with Gasteiger partial charge >= 0.3 is 6.18 Å². The molecular weight excluding hydrogens is 433 g/mol. The van der Waals surface area contributed by atoms with Gasteiger partial charge in [0, 0.05) is 13.1 Å². The van der Waals surface area contributed by atoms with Gasteiger partial charge in [0.25, 0.3) is 11.7 Å². The second-order valence-electron chi connectivity index (χ2n) is 8.02. The third kappa shape index (κ3) is 5.48. The molecule has 6 nitrogen and oxygen atoms in total. The Balaban J connectivity index is 1.82. The fourth-order valence-electron chi connectivity index (χ4n) is 3.63. The van der Waals surface area contributed by atoms with Crippen molar-refractivity contribution >= 4 is 11.7 Å². The average molecular weight is 458 g/mol. The van der Waals surface area contributed by atoms with Crippen molar-refractivity contribution in [3.05, 3.63) is 82.2 Å². The molecule has 33 heavy (non-hydrogen) atoms. The van der Waals surface area contributed by atoms with Crippen molar-refractivity contribution in [2.24, 2.45) is 0 Å². The van der Waals surface area contributed by atoms with Crippen LogP contribution in [0.4, 0.5) is 13.2 Å². The molecule has 1 N–H and O–H groups in total. The van der Waals surface area contributed by atoms with Crippen LogP contribution in [0.3, 0.4) is 0 Å². The molecule has 0 saturated carbocycles. The summed E-state index contributed by atoms with van der Waals surface area (Å²) in [5, 5.41) is 6.87. The van der Waals surface area contributed by atoms with E-state index >= 15 is 0 Å². The number of halogens is 3. The summed E-state index contributed by atoms with van der Waals surface area (Å²) in [5.41, 5.74) is 1.88. The van der Waals surface area contributed by atoms with E-state index in [1.807, 2.05) is 43.3 Å². The normalized spacial score (nSPS) is 11.6. The number of rotatable bonds is 7. The van der Waals surface area contributed by atoms with Crippen molar-refractivity contribution in [2.45, 2.75) is 33.1 Å². The van der Waals surface area contributed by atoms with E-state index in [9.17, 15) is 22.8 Å². The van der Waals surface area contributed by atoms with Crippen LogP contribution in [0.1, 0.15) is 38.4 Å². The Hall–Kier alpha value is -3.46. The summed E-state index contributed by atoms with van der Waals surface area (Å²) >= 11 is 0. The predicted molar refractivity (Wildman–Crippen MR) is 118 cm³/mol. The van der Waals surface area contributed by atoms with E-state index in [-0.39, 0.29) is 23.5 Å². The van der Waals surface area contributed by atoms with Crippen LogP contribution < -0.4 is 5.32 Å². The number of nitrogens with zero attached hydrogens (tertiary/aromatic N) is 3. The molecule has 0 spiro atoms. The van der Waals surface area contributed by atoms with Gasteiger partial charge < -0.3 is 10.2 Å². The molecule has 2 aromatic carbocycles. The molecule has 0 aliphatic rings. The van der Waals surface area contributed by atoms with E-state index in [1.54, 1.807) is 13.8 Å². The largest absolute Gasteiger partial charge is 0.416 e. The number of aromatic nitrogens is 2. The Morgan fingerprint density at radius 3 is 2.33 bits per heavy atom. The fourth-order valence-corrected chi connectivity index (χ4v) is 3.63. The molecule has 9 heteroatoms. The molecule has 1 aromatic heterocycles. The Morgan fingerprint density at radius 1 is 1.03 bits per heavy atom. The van der Waals surface area contributed by atoms with Crippen molar-refractivity contribution in [1.82, 2.24) is 20.0 Å². The van der Waals surface area contributed by atoms with Crippen LogP contribution in [0.5, 0.6) is 0 Å². The topological polar surface area (TPSA) is 67.2 Å². The van der Waals surface area contributed by atoms with Crippen molar-refractivity contribution in [3.63, 3.8) is 0 Å². The number of hydrogen-bond acceptors (Lipinski definition) is 4. The third-order valence-electron chi connectivity index (χ3n) is 5.19. The molecule has 1 heterocycles. The first kappa shape index (κ1) is 24.2. The number of ketones is 1. The maximum atomic E-state index is 13.1. The lowest BCUT2D eigenvalue weighted by molar-refractivity contribution is -0.137. The number of hydrogen-bond donors (Lipinski definition) is 1. The number of alkyl halides is 3. The summed E-state index contributed by atoms with van der Waals surface area (Å²) in [4.78, 5) is 27.5. The average Bonchev–Trinajstić information content (AvgIpc) is 3.05. The maximum absolute atomic E-state index is 13.1. The summed E-state index contributed by atoms with van der Waals surface area (Å²) in [5.74, 6) is -1.59. The van der Waals surface area contributed by atoms with Gasteiger partial charge in [0.1, 0.15) is 0 Å². The van der Waals surface area contributed by atoms with Gasteiger partial charge in [-0.2, -0.15) is 18.3 Å². The number of benzene rings is 2. The minimum atomic E-state index is -4.51. The minimum Gasteiger partial charge on any atom is -0.345 e.